The minimum absolute atomic E-state index is 0.240. The molecule has 1 fully saturated rings. The molecule has 0 aliphatic carbocycles. The number of rotatable bonds is 6. The molecule has 2 aromatic rings. The highest BCUT2D eigenvalue weighted by Gasteiger charge is 2.36. The lowest BCUT2D eigenvalue weighted by Gasteiger charge is -2.11. The van der Waals surface area contributed by atoms with Crippen molar-refractivity contribution in [2.45, 2.75) is 0 Å². The van der Waals surface area contributed by atoms with Crippen LogP contribution in [0.4, 0.5) is 4.79 Å². The summed E-state index contributed by atoms with van der Waals surface area (Å²) < 4.78 is 11.3. The van der Waals surface area contributed by atoms with Gasteiger partial charge in [0.2, 0.25) is 0 Å². The lowest BCUT2D eigenvalue weighted by molar-refractivity contribution is -0.122. The summed E-state index contributed by atoms with van der Waals surface area (Å²) >= 11 is 4.10. The number of hydrogen-bond donors (Lipinski definition) is 0. The molecule has 2 amide bonds. The SMILES string of the molecule is COc1cc(/C=C2/SC(=O)N(CC(=O)c3ccc(Br)cc3)C2=O)cc(OC)c1. The number of Topliss-reactive ketones (excluding diaryl/α,β-unsaturated/α-hetero) is 1. The first-order valence-electron chi connectivity index (χ1n) is 8.18. The number of imide groups is 1. The van der Waals surface area contributed by atoms with E-state index in [9.17, 15) is 14.4 Å². The van der Waals surface area contributed by atoms with Crippen molar-refractivity contribution in [3.63, 3.8) is 0 Å². The lowest BCUT2D eigenvalue weighted by Crippen LogP contribution is -2.33. The summed E-state index contributed by atoms with van der Waals surface area (Å²) in [6.45, 7) is -0.301. The fourth-order valence-corrected chi connectivity index (χ4v) is 3.67. The van der Waals surface area contributed by atoms with Gasteiger partial charge in [0.15, 0.2) is 5.78 Å². The second-order valence-electron chi connectivity index (χ2n) is 5.84. The average Bonchev–Trinajstić information content (AvgIpc) is 2.95. The number of methoxy groups -OCH3 is 2. The molecule has 0 bridgehead atoms. The molecular formula is C20H16BrNO5S. The fourth-order valence-electron chi connectivity index (χ4n) is 2.57. The first-order chi connectivity index (χ1) is 13.4. The van der Waals surface area contributed by atoms with E-state index in [4.69, 9.17) is 9.47 Å². The van der Waals surface area contributed by atoms with Crippen LogP contribution in [-0.2, 0) is 4.79 Å². The summed E-state index contributed by atoms with van der Waals surface area (Å²) in [5.41, 5.74) is 1.09. The topological polar surface area (TPSA) is 72.9 Å². The van der Waals surface area contributed by atoms with Crippen LogP contribution in [-0.4, -0.2) is 42.6 Å². The first kappa shape index (κ1) is 20.2. The maximum Gasteiger partial charge on any atom is 0.293 e. The number of carbonyl (C=O) groups excluding carboxylic acids is 3. The molecule has 6 nitrogen and oxygen atoms in total. The maximum atomic E-state index is 12.6. The molecule has 8 heteroatoms. The Balaban J connectivity index is 1.80. The molecule has 1 heterocycles. The Bertz CT molecular complexity index is 949. The van der Waals surface area contributed by atoms with Crippen molar-refractivity contribution in [1.29, 1.82) is 0 Å². The van der Waals surface area contributed by atoms with Crippen LogP contribution in [0.25, 0.3) is 6.08 Å². The summed E-state index contributed by atoms with van der Waals surface area (Å²) in [4.78, 5) is 38.5. The number of hydrogen-bond acceptors (Lipinski definition) is 6. The summed E-state index contributed by atoms with van der Waals surface area (Å²) in [6.07, 6.45) is 1.58. The van der Waals surface area contributed by atoms with Gasteiger partial charge in [-0.2, -0.15) is 0 Å². The molecule has 1 saturated heterocycles. The molecule has 1 aliphatic rings. The van der Waals surface area contributed by atoms with Gasteiger partial charge in [0.05, 0.1) is 25.7 Å². The zero-order valence-electron chi connectivity index (χ0n) is 15.1. The standard InChI is InChI=1S/C20H16BrNO5S/c1-26-15-7-12(8-16(10-15)27-2)9-18-19(24)22(20(25)28-18)11-17(23)13-3-5-14(21)6-4-13/h3-10H,11H2,1-2H3/b18-9+. The van der Waals surface area contributed by atoms with E-state index in [1.54, 1.807) is 48.5 Å². The highest BCUT2D eigenvalue weighted by Crippen LogP contribution is 2.33. The third-order valence-corrected chi connectivity index (χ3v) is 5.45. The highest BCUT2D eigenvalue weighted by molar-refractivity contribution is 9.10. The van der Waals surface area contributed by atoms with Crippen molar-refractivity contribution in [1.82, 2.24) is 4.90 Å². The fraction of sp³-hybridized carbons (Fsp3) is 0.150. The van der Waals surface area contributed by atoms with Crippen LogP contribution in [0.1, 0.15) is 15.9 Å². The Morgan fingerprint density at radius 3 is 2.25 bits per heavy atom. The van der Waals surface area contributed by atoms with E-state index in [-0.39, 0.29) is 17.2 Å². The normalized spacial score (nSPS) is 15.2. The van der Waals surface area contributed by atoms with E-state index in [1.807, 2.05) is 0 Å². The van der Waals surface area contributed by atoms with Crippen molar-refractivity contribution < 1.29 is 23.9 Å². The van der Waals surface area contributed by atoms with Crippen LogP contribution >= 0.6 is 27.7 Å². The number of benzene rings is 2. The van der Waals surface area contributed by atoms with Gasteiger partial charge in [0, 0.05) is 16.1 Å². The third-order valence-electron chi connectivity index (χ3n) is 4.01. The smallest absolute Gasteiger partial charge is 0.293 e. The number of carbonyl (C=O) groups is 3. The number of ether oxygens (including phenoxy) is 2. The monoisotopic (exact) mass is 461 g/mol. The Kier molecular flexibility index (Phi) is 6.21. The van der Waals surface area contributed by atoms with E-state index in [0.717, 1.165) is 21.1 Å². The predicted molar refractivity (Wildman–Crippen MR) is 111 cm³/mol. The number of thioether (sulfide) groups is 1. The Morgan fingerprint density at radius 1 is 1.07 bits per heavy atom. The van der Waals surface area contributed by atoms with Crippen molar-refractivity contribution in [2.24, 2.45) is 0 Å². The van der Waals surface area contributed by atoms with Gasteiger partial charge in [-0.3, -0.25) is 19.3 Å². The molecule has 2 aromatic carbocycles. The van der Waals surface area contributed by atoms with E-state index < -0.39 is 11.1 Å². The second-order valence-corrected chi connectivity index (χ2v) is 7.75. The van der Waals surface area contributed by atoms with Crippen molar-refractivity contribution >= 4 is 50.7 Å². The molecule has 0 radical (unpaired) electrons. The Hall–Kier alpha value is -2.58. The van der Waals surface area contributed by atoms with Gasteiger partial charge < -0.3 is 9.47 Å². The molecule has 144 valence electrons. The van der Waals surface area contributed by atoms with E-state index in [2.05, 4.69) is 15.9 Å². The van der Waals surface area contributed by atoms with Gasteiger partial charge in [-0.1, -0.05) is 28.1 Å². The van der Waals surface area contributed by atoms with Crippen LogP contribution in [0.2, 0.25) is 0 Å². The molecule has 1 aliphatic heterocycles. The predicted octanol–water partition coefficient (Wildman–Crippen LogP) is 4.39. The van der Waals surface area contributed by atoms with Crippen molar-refractivity contribution in [2.75, 3.05) is 20.8 Å². The number of nitrogens with zero attached hydrogens (tertiary/aromatic N) is 1. The molecule has 0 unspecified atom stereocenters. The van der Waals surface area contributed by atoms with Crippen molar-refractivity contribution in [3.8, 4) is 11.5 Å². The Morgan fingerprint density at radius 2 is 1.68 bits per heavy atom. The number of ketones is 1. The molecule has 0 aromatic heterocycles. The molecule has 0 saturated carbocycles. The van der Waals surface area contributed by atoms with Gasteiger partial charge in [0.1, 0.15) is 11.5 Å². The first-order valence-corrected chi connectivity index (χ1v) is 9.79. The van der Waals surface area contributed by atoms with E-state index in [0.29, 0.717) is 22.6 Å². The summed E-state index contributed by atoms with van der Waals surface area (Å²) in [7, 11) is 3.06. The quantitative estimate of drug-likeness (QED) is 0.469. The second kappa shape index (κ2) is 8.62. The van der Waals surface area contributed by atoms with Crippen LogP contribution in [0, 0.1) is 0 Å². The lowest BCUT2D eigenvalue weighted by atomic mass is 10.1. The van der Waals surface area contributed by atoms with Gasteiger partial charge in [-0.15, -0.1) is 0 Å². The number of amides is 2. The van der Waals surface area contributed by atoms with Gasteiger partial charge in [-0.25, -0.2) is 0 Å². The van der Waals surface area contributed by atoms with Gasteiger partial charge in [-0.05, 0) is 47.7 Å². The zero-order chi connectivity index (χ0) is 20.3. The summed E-state index contributed by atoms with van der Waals surface area (Å²) in [5, 5.41) is -0.475. The average molecular weight is 462 g/mol. The van der Waals surface area contributed by atoms with E-state index in [1.165, 1.54) is 14.2 Å². The Labute approximate surface area is 174 Å². The maximum absolute atomic E-state index is 12.6. The number of halogens is 1. The minimum atomic E-state index is -0.498. The van der Waals surface area contributed by atoms with Crippen LogP contribution < -0.4 is 9.47 Å². The highest BCUT2D eigenvalue weighted by atomic mass is 79.9. The molecule has 0 atom stereocenters. The zero-order valence-corrected chi connectivity index (χ0v) is 17.5. The molecular weight excluding hydrogens is 446 g/mol. The van der Waals surface area contributed by atoms with E-state index >= 15 is 0 Å². The van der Waals surface area contributed by atoms with Gasteiger partial charge in [0.25, 0.3) is 11.1 Å². The van der Waals surface area contributed by atoms with Crippen LogP contribution in [0.5, 0.6) is 11.5 Å². The molecule has 3 rings (SSSR count). The molecule has 0 N–H and O–H groups in total. The largest absolute Gasteiger partial charge is 0.497 e. The van der Waals surface area contributed by atoms with Crippen molar-refractivity contribution in [3.05, 3.63) is 63.0 Å². The summed E-state index contributed by atoms with van der Waals surface area (Å²) in [5.74, 6) is 0.326. The van der Waals surface area contributed by atoms with Gasteiger partial charge >= 0.3 is 0 Å². The molecule has 0 spiro atoms. The summed E-state index contributed by atoms with van der Waals surface area (Å²) in [6, 6.07) is 11.9. The minimum Gasteiger partial charge on any atom is -0.497 e. The third kappa shape index (κ3) is 4.45. The molecule has 28 heavy (non-hydrogen) atoms. The van der Waals surface area contributed by atoms with Crippen LogP contribution in [0.3, 0.4) is 0 Å². The van der Waals surface area contributed by atoms with Crippen LogP contribution in [0.15, 0.2) is 51.8 Å².